The van der Waals surface area contributed by atoms with Gasteiger partial charge in [-0.3, -0.25) is 4.79 Å². The lowest BCUT2D eigenvalue weighted by atomic mass is 9.95. The highest BCUT2D eigenvalue weighted by Crippen LogP contribution is 2.16. The average molecular weight is 345 g/mol. The third-order valence-corrected chi connectivity index (χ3v) is 4.96. The highest BCUT2D eigenvalue weighted by Gasteiger charge is 2.11. The van der Waals surface area contributed by atoms with Gasteiger partial charge in [-0.2, -0.15) is 0 Å². The van der Waals surface area contributed by atoms with Gasteiger partial charge in [0.15, 0.2) is 5.78 Å². The van der Waals surface area contributed by atoms with Crippen molar-refractivity contribution in [2.45, 2.75) is 90.9 Å². The van der Waals surface area contributed by atoms with Crippen LogP contribution in [0.3, 0.4) is 0 Å². The van der Waals surface area contributed by atoms with Crippen molar-refractivity contribution in [1.29, 1.82) is 0 Å². The lowest BCUT2D eigenvalue weighted by molar-refractivity contribution is -0.111. The molecular weight excluding hydrogens is 308 g/mol. The van der Waals surface area contributed by atoms with Crippen molar-refractivity contribution in [3.63, 3.8) is 0 Å². The summed E-state index contributed by atoms with van der Waals surface area (Å²) in [6.45, 7) is 4.37. The fourth-order valence-corrected chi connectivity index (χ4v) is 3.17. The second kappa shape index (κ2) is 13.8. The summed E-state index contributed by atoms with van der Waals surface area (Å²) in [4.78, 5) is 23.4. The van der Waals surface area contributed by atoms with Crippen molar-refractivity contribution < 1.29 is 9.59 Å². The van der Waals surface area contributed by atoms with Gasteiger partial charge in [0.2, 0.25) is 0 Å². The molecule has 2 heteroatoms. The van der Waals surface area contributed by atoms with Crippen LogP contribution in [0.4, 0.5) is 0 Å². The molecule has 25 heavy (non-hydrogen) atoms. The molecule has 1 aromatic carbocycles. The molecular formula is C23H36O2. The quantitative estimate of drug-likeness (QED) is 0.205. The number of aryl methyl sites for hydroxylation is 1. The number of hydrogen-bond acceptors (Lipinski definition) is 2. The van der Waals surface area contributed by atoms with Crippen LogP contribution in [-0.4, -0.2) is 12.1 Å². The van der Waals surface area contributed by atoms with Crippen molar-refractivity contribution in [3.8, 4) is 0 Å². The van der Waals surface area contributed by atoms with E-state index in [9.17, 15) is 9.59 Å². The first-order chi connectivity index (χ1) is 12.2. The Morgan fingerprint density at radius 3 is 2.16 bits per heavy atom. The molecule has 0 aliphatic carbocycles. The lowest BCUT2D eigenvalue weighted by Gasteiger charge is -2.09. The van der Waals surface area contributed by atoms with Crippen LogP contribution in [0.1, 0.15) is 100 Å². The zero-order valence-corrected chi connectivity index (χ0v) is 16.3. The summed E-state index contributed by atoms with van der Waals surface area (Å²) in [5.74, 6) is 0.199. The van der Waals surface area contributed by atoms with Crippen molar-refractivity contribution in [3.05, 3.63) is 35.4 Å². The molecule has 0 saturated carbocycles. The van der Waals surface area contributed by atoms with Gasteiger partial charge in [0.05, 0.1) is 0 Å². The molecule has 0 amide bonds. The molecule has 1 aromatic rings. The van der Waals surface area contributed by atoms with Gasteiger partial charge < -0.3 is 4.79 Å². The smallest absolute Gasteiger partial charge is 0.162 e. The minimum Gasteiger partial charge on any atom is -0.303 e. The molecule has 0 bridgehead atoms. The van der Waals surface area contributed by atoms with Crippen molar-refractivity contribution in [2.24, 2.45) is 5.92 Å². The Kier molecular flexibility index (Phi) is 11.9. The van der Waals surface area contributed by atoms with E-state index in [-0.39, 0.29) is 11.7 Å². The summed E-state index contributed by atoms with van der Waals surface area (Å²) in [6.07, 6.45) is 14.2. The van der Waals surface area contributed by atoms with Crippen molar-refractivity contribution in [2.75, 3.05) is 0 Å². The van der Waals surface area contributed by atoms with E-state index in [1.807, 2.05) is 12.1 Å². The lowest BCUT2D eigenvalue weighted by Crippen LogP contribution is -2.07. The maximum Gasteiger partial charge on any atom is 0.162 e. The average Bonchev–Trinajstić information content (AvgIpc) is 2.65. The molecule has 0 saturated heterocycles. The molecule has 140 valence electrons. The third-order valence-electron chi connectivity index (χ3n) is 4.96. The molecule has 2 nitrogen and oxygen atoms in total. The predicted octanol–water partition coefficient (Wildman–Crippen LogP) is 6.56. The van der Waals surface area contributed by atoms with Gasteiger partial charge in [-0.25, -0.2) is 0 Å². The van der Waals surface area contributed by atoms with E-state index in [0.29, 0.717) is 12.8 Å². The van der Waals surface area contributed by atoms with Crippen LogP contribution in [0.25, 0.3) is 0 Å². The number of carbonyl (C=O) groups is 2. The monoisotopic (exact) mass is 344 g/mol. The standard InChI is InChI=1S/C23H36O2/c1-3-5-7-8-9-10-12-20-13-16-22(17-14-20)23(25)18-15-21(19-24)11-6-4-2/h13-14,16-17,19,21H,3-12,15,18H2,1-2H3. The van der Waals surface area contributed by atoms with E-state index < -0.39 is 0 Å². The molecule has 0 heterocycles. The minimum atomic E-state index is 0.0379. The van der Waals surface area contributed by atoms with Gasteiger partial charge in [0.1, 0.15) is 6.29 Å². The Bertz CT molecular complexity index is 475. The molecule has 0 aromatic heterocycles. The predicted molar refractivity (Wildman–Crippen MR) is 106 cm³/mol. The molecule has 0 fully saturated rings. The van der Waals surface area contributed by atoms with Crippen LogP contribution in [-0.2, 0) is 11.2 Å². The van der Waals surface area contributed by atoms with Gasteiger partial charge in [-0.05, 0) is 31.2 Å². The molecule has 0 spiro atoms. The van der Waals surface area contributed by atoms with Crippen LogP contribution in [0.15, 0.2) is 24.3 Å². The SMILES string of the molecule is CCCCCCCCc1ccc(C(=O)CCC(C=O)CCCC)cc1. The highest BCUT2D eigenvalue weighted by molar-refractivity contribution is 5.96. The second-order valence-corrected chi connectivity index (χ2v) is 7.21. The van der Waals surface area contributed by atoms with Crippen LogP contribution in [0, 0.1) is 5.92 Å². The van der Waals surface area contributed by atoms with E-state index in [4.69, 9.17) is 0 Å². The number of Topliss-reactive ketones (excluding diaryl/α,β-unsaturated/α-hetero) is 1. The van der Waals surface area contributed by atoms with Crippen LogP contribution < -0.4 is 0 Å². The minimum absolute atomic E-state index is 0.0379. The largest absolute Gasteiger partial charge is 0.303 e. The van der Waals surface area contributed by atoms with E-state index in [0.717, 1.165) is 37.5 Å². The number of carbonyl (C=O) groups excluding carboxylic acids is 2. The normalized spacial score (nSPS) is 12.1. The zero-order chi connectivity index (χ0) is 18.3. The highest BCUT2D eigenvalue weighted by atomic mass is 16.1. The summed E-state index contributed by atoms with van der Waals surface area (Å²) in [5, 5.41) is 0. The number of unbranched alkanes of at least 4 members (excludes halogenated alkanes) is 6. The third kappa shape index (κ3) is 9.57. The van der Waals surface area contributed by atoms with Gasteiger partial charge in [-0.15, -0.1) is 0 Å². The molecule has 0 aliphatic rings. The first-order valence-electron chi connectivity index (χ1n) is 10.3. The van der Waals surface area contributed by atoms with Gasteiger partial charge in [0.25, 0.3) is 0 Å². The molecule has 0 radical (unpaired) electrons. The van der Waals surface area contributed by atoms with E-state index >= 15 is 0 Å². The topological polar surface area (TPSA) is 34.1 Å². The maximum absolute atomic E-state index is 12.3. The zero-order valence-electron chi connectivity index (χ0n) is 16.3. The number of aldehydes is 1. The van der Waals surface area contributed by atoms with Crippen molar-refractivity contribution in [1.82, 2.24) is 0 Å². The summed E-state index contributed by atoms with van der Waals surface area (Å²) >= 11 is 0. The first-order valence-corrected chi connectivity index (χ1v) is 10.3. The van der Waals surface area contributed by atoms with Crippen LogP contribution >= 0.6 is 0 Å². The Balaban J connectivity index is 2.32. The summed E-state index contributed by atoms with van der Waals surface area (Å²) in [7, 11) is 0. The van der Waals surface area contributed by atoms with Gasteiger partial charge >= 0.3 is 0 Å². The molecule has 1 rings (SSSR count). The van der Waals surface area contributed by atoms with Crippen LogP contribution in [0.2, 0.25) is 0 Å². The molecule has 1 atom stereocenters. The summed E-state index contributed by atoms with van der Waals surface area (Å²) in [5.41, 5.74) is 2.10. The van der Waals surface area contributed by atoms with E-state index in [2.05, 4.69) is 26.0 Å². The Labute approximate surface area is 154 Å². The van der Waals surface area contributed by atoms with Gasteiger partial charge in [0, 0.05) is 17.9 Å². The number of hydrogen-bond donors (Lipinski definition) is 0. The number of ketones is 1. The summed E-state index contributed by atoms with van der Waals surface area (Å²) < 4.78 is 0. The maximum atomic E-state index is 12.3. The molecule has 0 N–H and O–H groups in total. The second-order valence-electron chi connectivity index (χ2n) is 7.21. The molecule has 1 unspecified atom stereocenters. The summed E-state index contributed by atoms with van der Waals surface area (Å²) in [6, 6.07) is 8.09. The Morgan fingerprint density at radius 2 is 1.52 bits per heavy atom. The van der Waals surface area contributed by atoms with Crippen molar-refractivity contribution >= 4 is 12.1 Å². The fraction of sp³-hybridized carbons (Fsp3) is 0.652. The van der Waals surface area contributed by atoms with E-state index in [1.54, 1.807) is 0 Å². The molecule has 0 aliphatic heterocycles. The number of benzene rings is 1. The Morgan fingerprint density at radius 1 is 0.880 bits per heavy atom. The van der Waals surface area contributed by atoms with Crippen LogP contribution in [0.5, 0.6) is 0 Å². The Hall–Kier alpha value is -1.44. The number of rotatable bonds is 15. The van der Waals surface area contributed by atoms with Gasteiger partial charge in [-0.1, -0.05) is 83.1 Å². The van der Waals surface area contributed by atoms with E-state index in [1.165, 1.54) is 44.1 Å². The fourth-order valence-electron chi connectivity index (χ4n) is 3.17. The first kappa shape index (κ1) is 21.6.